The van der Waals surface area contributed by atoms with Gasteiger partial charge in [-0.3, -0.25) is 14.1 Å². The lowest BCUT2D eigenvalue weighted by Gasteiger charge is -2.40. The van der Waals surface area contributed by atoms with Crippen LogP contribution in [0.1, 0.15) is 200 Å². The van der Waals surface area contributed by atoms with Gasteiger partial charge < -0.3 is 34.3 Å². The molecule has 1 saturated heterocycles. The number of hydrogen-bond donors (Lipinski definition) is 4. The fourth-order valence-corrected chi connectivity index (χ4v) is 7.72. The van der Waals surface area contributed by atoms with Crippen molar-refractivity contribution < 1.29 is 56.8 Å². The molecule has 0 amide bonds. The largest absolute Gasteiger partial charge is 0.462 e. The number of rotatable bonds is 38. The van der Waals surface area contributed by atoms with Gasteiger partial charge in [-0.2, -0.15) is 8.42 Å². The Hall–Kier alpha value is -1.61. The molecule has 1 rings (SSSR count). The van der Waals surface area contributed by atoms with Crippen molar-refractivity contribution in [2.24, 2.45) is 0 Å². The van der Waals surface area contributed by atoms with Crippen molar-refractivity contribution in [2.45, 2.75) is 237 Å². The van der Waals surface area contributed by atoms with Crippen molar-refractivity contribution in [2.75, 3.05) is 19.0 Å². The number of esters is 2. The van der Waals surface area contributed by atoms with Crippen molar-refractivity contribution in [3.8, 4) is 0 Å². The summed E-state index contributed by atoms with van der Waals surface area (Å²) in [4.78, 5) is 25.4. The van der Waals surface area contributed by atoms with E-state index in [4.69, 9.17) is 18.9 Å². The molecule has 2 unspecified atom stereocenters. The molecule has 1 fully saturated rings. The minimum Gasteiger partial charge on any atom is -0.462 e. The molecule has 6 atom stereocenters. The van der Waals surface area contributed by atoms with Crippen LogP contribution in [-0.2, 0) is 38.7 Å². The van der Waals surface area contributed by atoms with E-state index in [0.29, 0.717) is 12.8 Å². The summed E-state index contributed by atoms with van der Waals surface area (Å²) < 4.78 is 54.0. The van der Waals surface area contributed by atoms with Crippen LogP contribution in [0.25, 0.3) is 0 Å². The van der Waals surface area contributed by atoms with Gasteiger partial charge in [-0.25, -0.2) is 0 Å². The predicted octanol–water partition coefficient (Wildman–Crippen LogP) is 9.06. The third-order valence-corrected chi connectivity index (χ3v) is 11.3. The molecule has 0 bridgehead atoms. The van der Waals surface area contributed by atoms with Crippen LogP contribution in [-0.4, -0.2) is 96.0 Å². The van der Waals surface area contributed by atoms with Crippen molar-refractivity contribution in [1.82, 2.24) is 0 Å². The Morgan fingerprint density at radius 3 is 1.47 bits per heavy atom. The van der Waals surface area contributed by atoms with E-state index in [1.165, 1.54) is 103 Å². The summed E-state index contributed by atoms with van der Waals surface area (Å²) >= 11 is 0. The van der Waals surface area contributed by atoms with Gasteiger partial charge in [0.15, 0.2) is 12.4 Å². The minimum absolute atomic E-state index is 0.158. The van der Waals surface area contributed by atoms with Crippen LogP contribution in [0.2, 0.25) is 0 Å². The topological polar surface area (TPSA) is 186 Å². The predicted molar refractivity (Wildman–Crippen MR) is 224 cm³/mol. The van der Waals surface area contributed by atoms with Crippen molar-refractivity contribution in [3.63, 3.8) is 0 Å². The van der Waals surface area contributed by atoms with Crippen LogP contribution in [0.15, 0.2) is 12.2 Å². The first-order valence-corrected chi connectivity index (χ1v) is 24.4. The summed E-state index contributed by atoms with van der Waals surface area (Å²) in [5, 5.41) is 30.8. The van der Waals surface area contributed by atoms with Gasteiger partial charge in [-0.1, -0.05) is 161 Å². The first-order valence-electron chi connectivity index (χ1n) is 22.7. The van der Waals surface area contributed by atoms with Gasteiger partial charge in [0.2, 0.25) is 0 Å². The van der Waals surface area contributed by atoms with E-state index < -0.39 is 71.2 Å². The Kier molecular flexibility index (Phi) is 33.0. The fraction of sp³-hybridized carbons (Fsp3) is 0.909. The van der Waals surface area contributed by atoms with E-state index in [1.54, 1.807) is 0 Å². The molecule has 0 aliphatic carbocycles. The van der Waals surface area contributed by atoms with Crippen LogP contribution in [0.4, 0.5) is 0 Å². The highest BCUT2D eigenvalue weighted by molar-refractivity contribution is 7.85. The Labute approximate surface area is 346 Å². The highest BCUT2D eigenvalue weighted by Gasteiger charge is 2.46. The normalized spacial score (nSPS) is 20.6. The van der Waals surface area contributed by atoms with E-state index in [2.05, 4.69) is 26.0 Å². The molecule has 0 radical (unpaired) electrons. The summed E-state index contributed by atoms with van der Waals surface area (Å²) in [7, 11) is -4.60. The highest BCUT2D eigenvalue weighted by atomic mass is 32.2. The van der Waals surface area contributed by atoms with Crippen molar-refractivity contribution in [3.05, 3.63) is 12.2 Å². The number of hydrogen-bond acceptors (Lipinski definition) is 11. The van der Waals surface area contributed by atoms with Gasteiger partial charge in [-0.15, -0.1) is 0 Å². The number of carbonyl (C=O) groups excluding carboxylic acids is 2. The molecule has 0 aromatic heterocycles. The zero-order valence-electron chi connectivity index (χ0n) is 35.7. The molecular formula is C44H82O12S. The van der Waals surface area contributed by atoms with Crippen molar-refractivity contribution in [1.29, 1.82) is 0 Å². The standard InChI is InChI=1S/C44H82O12S/c1-3-5-7-9-11-13-15-17-18-19-21-22-24-26-28-30-32-39(45)53-34-37(35-54-44-43(49)42(48)41(47)38(56-44)36-57(50,51)52)55-40(46)33-31-29-27-25-23-20-16-14-12-10-8-6-4-2/h14,16,37-38,41-44,47-49H,3-13,15,17-36H2,1-2H3,(H,50,51,52)/b16-14+/t37-,38-,41-,42?,43?,44+/m1/s1. The zero-order chi connectivity index (χ0) is 42.0. The average Bonchev–Trinajstić information content (AvgIpc) is 3.17. The summed E-state index contributed by atoms with van der Waals surface area (Å²) in [5.74, 6) is -1.98. The molecule has 57 heavy (non-hydrogen) atoms. The quantitative estimate of drug-likeness (QED) is 0.0200. The molecule has 0 saturated carbocycles. The number of unbranched alkanes of at least 4 members (excludes halogenated alkanes) is 24. The molecular weight excluding hydrogens is 753 g/mol. The van der Waals surface area contributed by atoms with Crippen LogP contribution in [0.5, 0.6) is 0 Å². The Bertz CT molecular complexity index is 1120. The summed E-state index contributed by atoms with van der Waals surface area (Å²) in [6, 6.07) is 0. The molecule has 0 spiro atoms. The summed E-state index contributed by atoms with van der Waals surface area (Å²) in [6.45, 7) is 3.75. The lowest BCUT2D eigenvalue weighted by Crippen LogP contribution is -2.60. The first kappa shape index (κ1) is 53.4. The molecule has 1 aliphatic heterocycles. The van der Waals surface area contributed by atoms with Gasteiger partial charge in [0.05, 0.1) is 6.61 Å². The van der Waals surface area contributed by atoms with E-state index in [9.17, 15) is 37.9 Å². The SMILES string of the molecule is CCCCCC/C=C/CCCCCCCC(=O)O[C@H](COC(=O)CCCCCCCCCCCCCCCCCC)CO[C@H]1O[C@H](CS(=O)(=O)O)[C@@H](O)C(O)C1O. The van der Waals surface area contributed by atoms with Crippen molar-refractivity contribution >= 4 is 22.1 Å². The smallest absolute Gasteiger partial charge is 0.306 e. The van der Waals surface area contributed by atoms with Crippen LogP contribution in [0.3, 0.4) is 0 Å². The average molecular weight is 835 g/mol. The second-order valence-corrected chi connectivity index (χ2v) is 17.6. The lowest BCUT2D eigenvalue weighted by atomic mass is 10.00. The van der Waals surface area contributed by atoms with Gasteiger partial charge >= 0.3 is 11.9 Å². The van der Waals surface area contributed by atoms with E-state index in [-0.39, 0.29) is 19.4 Å². The Morgan fingerprint density at radius 1 is 0.579 bits per heavy atom. The van der Waals surface area contributed by atoms with Crippen LogP contribution >= 0.6 is 0 Å². The number of allylic oxidation sites excluding steroid dienone is 2. The van der Waals surface area contributed by atoms with E-state index in [1.807, 2.05) is 0 Å². The molecule has 336 valence electrons. The molecule has 0 aromatic rings. The highest BCUT2D eigenvalue weighted by Crippen LogP contribution is 2.24. The summed E-state index contributed by atoms with van der Waals surface area (Å²) in [5.41, 5.74) is 0. The number of carbonyl (C=O) groups is 2. The van der Waals surface area contributed by atoms with Gasteiger partial charge in [0.1, 0.15) is 36.8 Å². The van der Waals surface area contributed by atoms with Crippen LogP contribution in [0, 0.1) is 0 Å². The molecule has 13 heteroatoms. The third kappa shape index (κ3) is 30.1. The second-order valence-electron chi connectivity index (χ2n) is 16.1. The fourth-order valence-electron chi connectivity index (χ4n) is 7.02. The molecule has 4 N–H and O–H groups in total. The number of aliphatic hydroxyl groups is 3. The zero-order valence-corrected chi connectivity index (χ0v) is 36.5. The number of aliphatic hydroxyl groups excluding tert-OH is 3. The third-order valence-electron chi connectivity index (χ3n) is 10.6. The second kappa shape index (κ2) is 35.2. The van der Waals surface area contributed by atoms with Gasteiger partial charge in [0.25, 0.3) is 10.1 Å². The van der Waals surface area contributed by atoms with Gasteiger partial charge in [-0.05, 0) is 38.5 Å². The number of ether oxygens (including phenoxy) is 4. The maximum absolute atomic E-state index is 12.8. The lowest BCUT2D eigenvalue weighted by molar-refractivity contribution is -0.297. The van der Waals surface area contributed by atoms with Gasteiger partial charge in [0, 0.05) is 12.8 Å². The summed E-state index contributed by atoms with van der Waals surface area (Å²) in [6.07, 6.45) is 26.8. The molecule has 1 heterocycles. The minimum atomic E-state index is -4.60. The maximum atomic E-state index is 12.8. The Morgan fingerprint density at radius 2 is 1.00 bits per heavy atom. The molecule has 1 aliphatic rings. The Balaban J connectivity index is 2.43. The maximum Gasteiger partial charge on any atom is 0.306 e. The monoisotopic (exact) mass is 835 g/mol. The first-order chi connectivity index (χ1) is 27.5. The molecule has 12 nitrogen and oxygen atoms in total. The van der Waals surface area contributed by atoms with E-state index >= 15 is 0 Å². The van der Waals surface area contributed by atoms with E-state index in [0.717, 1.165) is 57.8 Å². The molecule has 0 aromatic carbocycles. The van der Waals surface area contributed by atoms with Crippen LogP contribution < -0.4 is 0 Å².